The second-order valence-corrected chi connectivity index (χ2v) is 6.59. The minimum Gasteiger partial charge on any atom is -0.449 e. The molecule has 4 nitrogen and oxygen atoms in total. The van der Waals surface area contributed by atoms with Gasteiger partial charge in [0.05, 0.1) is 0 Å². The van der Waals surface area contributed by atoms with Crippen LogP contribution in [0.1, 0.15) is 34.7 Å². The largest absolute Gasteiger partial charge is 0.449 e. The van der Waals surface area contributed by atoms with E-state index in [9.17, 15) is 9.59 Å². The van der Waals surface area contributed by atoms with E-state index in [1.165, 1.54) is 6.08 Å². The molecule has 2 aromatic rings. The Morgan fingerprint density at radius 3 is 2.12 bits per heavy atom. The maximum Gasteiger partial charge on any atom is 0.331 e. The Balaban J connectivity index is 1.96. The first kappa shape index (κ1) is 19.4. The summed E-state index contributed by atoms with van der Waals surface area (Å²) >= 11 is 0. The lowest BCUT2D eigenvalue weighted by atomic mass is 10.0. The summed E-state index contributed by atoms with van der Waals surface area (Å²) in [6.45, 7) is 9.45. The summed E-state index contributed by atoms with van der Waals surface area (Å²) in [7, 11) is 0. The zero-order valence-corrected chi connectivity index (χ0v) is 15.9. The number of carbonyl (C=O) groups excluding carboxylic acids is 2. The Morgan fingerprint density at radius 1 is 0.962 bits per heavy atom. The van der Waals surface area contributed by atoms with E-state index in [4.69, 9.17) is 4.74 Å². The first-order chi connectivity index (χ1) is 12.3. The molecule has 136 valence electrons. The van der Waals surface area contributed by atoms with Gasteiger partial charge in [-0.1, -0.05) is 47.5 Å². The monoisotopic (exact) mass is 351 g/mol. The van der Waals surface area contributed by atoms with Crippen LogP contribution in [0.5, 0.6) is 0 Å². The molecular weight excluding hydrogens is 326 g/mol. The third-order valence-corrected chi connectivity index (χ3v) is 4.08. The number of hydrogen-bond acceptors (Lipinski definition) is 3. The Kier molecular flexibility index (Phi) is 6.34. The summed E-state index contributed by atoms with van der Waals surface area (Å²) in [6.07, 6.45) is 2.11. The van der Waals surface area contributed by atoms with Crippen molar-refractivity contribution in [3.05, 3.63) is 70.3 Å². The van der Waals surface area contributed by atoms with Crippen molar-refractivity contribution in [2.24, 2.45) is 0 Å². The van der Waals surface area contributed by atoms with Gasteiger partial charge in [-0.2, -0.15) is 0 Å². The number of hydrogen-bond donors (Lipinski definition) is 1. The number of amides is 1. The van der Waals surface area contributed by atoms with Gasteiger partial charge in [0, 0.05) is 11.8 Å². The molecule has 1 unspecified atom stereocenters. The molecule has 0 bridgehead atoms. The molecule has 2 aromatic carbocycles. The van der Waals surface area contributed by atoms with Crippen LogP contribution in [0.3, 0.4) is 0 Å². The van der Waals surface area contributed by atoms with Crippen molar-refractivity contribution >= 4 is 23.6 Å². The summed E-state index contributed by atoms with van der Waals surface area (Å²) in [5, 5.41) is 2.85. The lowest BCUT2D eigenvalue weighted by Gasteiger charge is -2.16. The van der Waals surface area contributed by atoms with Gasteiger partial charge in [0.2, 0.25) is 0 Å². The van der Waals surface area contributed by atoms with Crippen LogP contribution in [0.4, 0.5) is 5.69 Å². The van der Waals surface area contributed by atoms with Crippen LogP contribution in [-0.2, 0) is 14.3 Å². The predicted octanol–water partition coefficient (Wildman–Crippen LogP) is 4.50. The van der Waals surface area contributed by atoms with E-state index in [1.54, 1.807) is 13.0 Å². The van der Waals surface area contributed by atoms with Gasteiger partial charge in [-0.3, -0.25) is 4.79 Å². The minimum atomic E-state index is -0.884. The van der Waals surface area contributed by atoms with E-state index in [1.807, 2.05) is 64.1 Å². The molecule has 1 amide bonds. The molecule has 0 saturated heterocycles. The molecule has 0 fully saturated rings. The van der Waals surface area contributed by atoms with Crippen molar-refractivity contribution in [1.82, 2.24) is 0 Å². The van der Waals surface area contributed by atoms with Crippen LogP contribution in [0.2, 0.25) is 0 Å². The molecule has 0 aliphatic rings. The molecule has 1 N–H and O–H groups in total. The molecule has 2 rings (SSSR count). The van der Waals surface area contributed by atoms with Gasteiger partial charge < -0.3 is 10.1 Å². The van der Waals surface area contributed by atoms with Crippen molar-refractivity contribution in [3.63, 3.8) is 0 Å². The lowest BCUT2D eigenvalue weighted by molar-refractivity contribution is -0.148. The fraction of sp³-hybridized carbons (Fsp3) is 0.273. The highest BCUT2D eigenvalue weighted by molar-refractivity contribution is 5.97. The zero-order chi connectivity index (χ0) is 19.3. The highest BCUT2D eigenvalue weighted by Gasteiger charge is 2.18. The first-order valence-corrected chi connectivity index (χ1v) is 8.60. The third kappa shape index (κ3) is 5.31. The van der Waals surface area contributed by atoms with Crippen molar-refractivity contribution < 1.29 is 14.3 Å². The second-order valence-electron chi connectivity index (χ2n) is 6.59. The van der Waals surface area contributed by atoms with Crippen molar-refractivity contribution in [2.45, 2.75) is 40.7 Å². The number of rotatable bonds is 5. The van der Waals surface area contributed by atoms with Crippen LogP contribution >= 0.6 is 0 Å². The maximum atomic E-state index is 12.3. The molecule has 0 saturated carbocycles. The van der Waals surface area contributed by atoms with Gasteiger partial charge in [0.25, 0.3) is 5.91 Å². The van der Waals surface area contributed by atoms with E-state index < -0.39 is 12.1 Å². The molecule has 1 atom stereocenters. The number of benzene rings is 2. The van der Waals surface area contributed by atoms with Gasteiger partial charge in [-0.15, -0.1) is 0 Å². The summed E-state index contributed by atoms with van der Waals surface area (Å²) < 4.78 is 5.20. The average molecular weight is 351 g/mol. The molecule has 26 heavy (non-hydrogen) atoms. The predicted molar refractivity (Wildman–Crippen MR) is 105 cm³/mol. The number of nitrogens with one attached hydrogen (secondary N) is 1. The third-order valence-electron chi connectivity index (χ3n) is 4.08. The first-order valence-electron chi connectivity index (χ1n) is 8.60. The van der Waals surface area contributed by atoms with E-state index in [2.05, 4.69) is 5.32 Å². The topological polar surface area (TPSA) is 55.4 Å². The Morgan fingerprint density at radius 2 is 1.54 bits per heavy atom. The molecule has 0 aromatic heterocycles. The van der Waals surface area contributed by atoms with E-state index in [0.717, 1.165) is 33.5 Å². The molecule has 0 aliphatic carbocycles. The standard InChI is InChI=1S/C22H25NO3/c1-14-6-8-19(9-7-14)10-11-20(24)26-18(5)22(25)23-21-16(3)12-15(2)13-17(21)4/h6-13,18H,1-5H3,(H,23,25). The van der Waals surface area contributed by atoms with E-state index in [-0.39, 0.29) is 5.91 Å². The van der Waals surface area contributed by atoms with E-state index >= 15 is 0 Å². The van der Waals surface area contributed by atoms with Gasteiger partial charge in [0.15, 0.2) is 6.10 Å². The van der Waals surface area contributed by atoms with Crippen LogP contribution in [0.15, 0.2) is 42.5 Å². The summed E-state index contributed by atoms with van der Waals surface area (Å²) in [5.74, 6) is -0.900. The maximum absolute atomic E-state index is 12.3. The second kappa shape index (κ2) is 8.48. The summed E-state index contributed by atoms with van der Waals surface area (Å²) in [5.41, 5.74) is 5.91. The van der Waals surface area contributed by atoms with Crippen molar-refractivity contribution in [1.29, 1.82) is 0 Å². The smallest absolute Gasteiger partial charge is 0.331 e. The van der Waals surface area contributed by atoms with Crippen LogP contribution < -0.4 is 5.32 Å². The normalized spacial score (nSPS) is 12.0. The Bertz CT molecular complexity index is 812. The lowest BCUT2D eigenvalue weighted by Crippen LogP contribution is -2.30. The molecule has 0 spiro atoms. The highest BCUT2D eigenvalue weighted by Crippen LogP contribution is 2.22. The SMILES string of the molecule is Cc1ccc(C=CC(=O)OC(C)C(=O)Nc2c(C)cc(C)cc2C)cc1. The number of esters is 1. The van der Waals surface area contributed by atoms with Crippen LogP contribution in [0, 0.1) is 27.7 Å². The number of anilines is 1. The Hall–Kier alpha value is -2.88. The number of ether oxygens (including phenoxy) is 1. The molecule has 4 heteroatoms. The van der Waals surface area contributed by atoms with E-state index in [0.29, 0.717) is 0 Å². The number of aryl methyl sites for hydroxylation is 4. The summed E-state index contributed by atoms with van der Waals surface area (Å²) in [6, 6.07) is 11.8. The Labute approximate surface area is 154 Å². The van der Waals surface area contributed by atoms with Crippen molar-refractivity contribution in [2.75, 3.05) is 5.32 Å². The van der Waals surface area contributed by atoms with Gasteiger partial charge in [-0.05, 0) is 57.4 Å². The average Bonchev–Trinajstić information content (AvgIpc) is 2.57. The highest BCUT2D eigenvalue weighted by atomic mass is 16.5. The fourth-order valence-corrected chi connectivity index (χ4v) is 2.71. The van der Waals surface area contributed by atoms with Crippen LogP contribution in [-0.4, -0.2) is 18.0 Å². The summed E-state index contributed by atoms with van der Waals surface area (Å²) in [4.78, 5) is 24.3. The van der Waals surface area contributed by atoms with Gasteiger partial charge in [0.1, 0.15) is 0 Å². The molecule has 0 aliphatic heterocycles. The number of carbonyl (C=O) groups is 2. The molecular formula is C22H25NO3. The van der Waals surface area contributed by atoms with Crippen molar-refractivity contribution in [3.8, 4) is 0 Å². The van der Waals surface area contributed by atoms with Crippen LogP contribution in [0.25, 0.3) is 6.08 Å². The minimum absolute atomic E-state index is 0.350. The van der Waals surface area contributed by atoms with Gasteiger partial charge in [-0.25, -0.2) is 4.79 Å². The molecule has 0 radical (unpaired) electrons. The molecule has 0 heterocycles. The van der Waals surface area contributed by atoms with Gasteiger partial charge >= 0.3 is 5.97 Å². The quantitative estimate of drug-likeness (QED) is 0.637. The fourth-order valence-electron chi connectivity index (χ4n) is 2.71. The zero-order valence-electron chi connectivity index (χ0n) is 15.9.